The minimum atomic E-state index is 0.0797. The van der Waals surface area contributed by atoms with Gasteiger partial charge >= 0.3 is 0 Å². The molecule has 0 saturated carbocycles. The average molecular weight is 220 g/mol. The third kappa shape index (κ3) is 1.77. The molecule has 0 atom stereocenters. The van der Waals surface area contributed by atoms with E-state index in [1.54, 1.807) is 13.2 Å². The summed E-state index contributed by atoms with van der Waals surface area (Å²) in [6, 6.07) is 3.64. The fourth-order valence-electron chi connectivity index (χ4n) is 2.01. The zero-order valence-corrected chi connectivity index (χ0v) is 9.87. The lowest BCUT2D eigenvalue weighted by atomic mass is 10.1. The molecule has 0 aromatic heterocycles. The van der Waals surface area contributed by atoms with Gasteiger partial charge in [0.2, 0.25) is 0 Å². The number of ketones is 1. The van der Waals surface area contributed by atoms with E-state index in [4.69, 9.17) is 9.47 Å². The van der Waals surface area contributed by atoms with Gasteiger partial charge in [0, 0.05) is 17.5 Å². The van der Waals surface area contributed by atoms with Crippen LogP contribution < -0.4 is 9.47 Å². The topological polar surface area (TPSA) is 35.5 Å². The smallest absolute Gasteiger partial charge is 0.165 e. The van der Waals surface area contributed by atoms with E-state index in [2.05, 4.69) is 0 Å². The fourth-order valence-corrected chi connectivity index (χ4v) is 2.01. The Bertz CT molecular complexity index is 421. The standard InChI is InChI=1S/C13H16O3/c1-8(2)16-13-10-4-6-11(14)9(10)5-7-12(13)15-3/h5,7-8H,4,6H2,1-3H3. The zero-order valence-electron chi connectivity index (χ0n) is 9.87. The molecule has 86 valence electrons. The monoisotopic (exact) mass is 220 g/mol. The van der Waals surface area contributed by atoms with Crippen LogP contribution in [0.25, 0.3) is 0 Å². The van der Waals surface area contributed by atoms with Crippen molar-refractivity contribution in [3.8, 4) is 11.5 Å². The molecule has 1 aromatic carbocycles. The first-order valence-corrected chi connectivity index (χ1v) is 5.53. The van der Waals surface area contributed by atoms with Crippen LogP contribution >= 0.6 is 0 Å². The molecular weight excluding hydrogens is 204 g/mol. The van der Waals surface area contributed by atoms with Crippen LogP contribution in [0.5, 0.6) is 11.5 Å². The Morgan fingerprint density at radius 3 is 2.62 bits per heavy atom. The lowest BCUT2D eigenvalue weighted by Crippen LogP contribution is -2.09. The maximum atomic E-state index is 11.6. The molecule has 0 radical (unpaired) electrons. The quantitative estimate of drug-likeness (QED) is 0.785. The molecule has 0 aliphatic heterocycles. The third-order valence-electron chi connectivity index (χ3n) is 2.70. The molecule has 3 heteroatoms. The Morgan fingerprint density at radius 2 is 2.00 bits per heavy atom. The molecule has 0 amide bonds. The molecular formula is C13H16O3. The number of methoxy groups -OCH3 is 1. The maximum absolute atomic E-state index is 11.6. The normalized spacial score (nSPS) is 14.1. The van der Waals surface area contributed by atoms with Crippen molar-refractivity contribution in [1.29, 1.82) is 0 Å². The highest BCUT2D eigenvalue weighted by Gasteiger charge is 2.25. The first kappa shape index (κ1) is 11.0. The van der Waals surface area contributed by atoms with E-state index in [0.717, 1.165) is 23.3 Å². The summed E-state index contributed by atoms with van der Waals surface area (Å²) in [5.74, 6) is 1.65. The van der Waals surface area contributed by atoms with Crippen molar-refractivity contribution in [2.24, 2.45) is 0 Å². The summed E-state index contributed by atoms with van der Waals surface area (Å²) < 4.78 is 11.0. The molecule has 1 aromatic rings. The fraction of sp³-hybridized carbons (Fsp3) is 0.462. The van der Waals surface area contributed by atoms with Gasteiger partial charge in [-0.3, -0.25) is 4.79 Å². The number of fused-ring (bicyclic) bond motifs is 1. The van der Waals surface area contributed by atoms with Crippen LogP contribution in [0.15, 0.2) is 12.1 Å². The Morgan fingerprint density at radius 1 is 1.25 bits per heavy atom. The van der Waals surface area contributed by atoms with Gasteiger partial charge in [-0.1, -0.05) is 0 Å². The maximum Gasteiger partial charge on any atom is 0.165 e. The van der Waals surface area contributed by atoms with Gasteiger partial charge in [0.05, 0.1) is 13.2 Å². The number of hydrogen-bond acceptors (Lipinski definition) is 3. The molecule has 1 aliphatic rings. The van der Waals surface area contributed by atoms with Crippen LogP contribution in [-0.2, 0) is 6.42 Å². The van der Waals surface area contributed by atoms with Gasteiger partial charge in [-0.15, -0.1) is 0 Å². The van der Waals surface area contributed by atoms with E-state index in [1.807, 2.05) is 19.9 Å². The van der Waals surface area contributed by atoms with Crippen molar-refractivity contribution in [3.05, 3.63) is 23.3 Å². The second kappa shape index (κ2) is 4.16. The van der Waals surface area contributed by atoms with Crippen LogP contribution in [0.3, 0.4) is 0 Å². The highest BCUT2D eigenvalue weighted by molar-refractivity contribution is 6.01. The van der Waals surface area contributed by atoms with E-state index >= 15 is 0 Å². The molecule has 0 bridgehead atoms. The van der Waals surface area contributed by atoms with E-state index in [-0.39, 0.29) is 11.9 Å². The minimum Gasteiger partial charge on any atom is -0.493 e. The second-order valence-electron chi connectivity index (χ2n) is 4.21. The Kier molecular flexibility index (Phi) is 2.86. The van der Waals surface area contributed by atoms with Crippen LogP contribution in [0.1, 0.15) is 36.2 Å². The van der Waals surface area contributed by atoms with Crippen LogP contribution in [0.4, 0.5) is 0 Å². The predicted molar refractivity (Wildman–Crippen MR) is 61.4 cm³/mol. The van der Waals surface area contributed by atoms with Gasteiger partial charge < -0.3 is 9.47 Å². The summed E-state index contributed by atoms with van der Waals surface area (Å²) in [6.07, 6.45) is 1.42. The van der Waals surface area contributed by atoms with Gasteiger partial charge in [0.1, 0.15) is 0 Å². The molecule has 0 heterocycles. The summed E-state index contributed by atoms with van der Waals surface area (Å²) in [5.41, 5.74) is 1.79. The van der Waals surface area contributed by atoms with Crippen LogP contribution in [0, 0.1) is 0 Å². The molecule has 1 aliphatic carbocycles. The largest absolute Gasteiger partial charge is 0.493 e. The highest BCUT2D eigenvalue weighted by Crippen LogP contribution is 2.38. The number of hydrogen-bond donors (Lipinski definition) is 0. The Labute approximate surface area is 95.4 Å². The molecule has 0 unspecified atom stereocenters. The van der Waals surface area contributed by atoms with E-state index < -0.39 is 0 Å². The minimum absolute atomic E-state index is 0.0797. The van der Waals surface area contributed by atoms with Gasteiger partial charge in [-0.2, -0.15) is 0 Å². The second-order valence-corrected chi connectivity index (χ2v) is 4.21. The lowest BCUT2D eigenvalue weighted by molar-refractivity contribution is 0.0994. The average Bonchev–Trinajstić information content (AvgIpc) is 2.61. The number of carbonyl (C=O) groups is 1. The van der Waals surface area contributed by atoms with E-state index in [9.17, 15) is 4.79 Å². The first-order valence-electron chi connectivity index (χ1n) is 5.53. The molecule has 2 rings (SSSR count). The summed E-state index contributed by atoms with van der Waals surface area (Å²) in [4.78, 5) is 11.6. The number of ether oxygens (including phenoxy) is 2. The van der Waals surface area contributed by atoms with Gasteiger partial charge in [-0.05, 0) is 32.4 Å². The van der Waals surface area contributed by atoms with Crippen LogP contribution in [0.2, 0.25) is 0 Å². The van der Waals surface area contributed by atoms with Crippen LogP contribution in [-0.4, -0.2) is 19.0 Å². The molecule has 0 saturated heterocycles. The van der Waals surface area contributed by atoms with Gasteiger partial charge in [0.15, 0.2) is 17.3 Å². The highest BCUT2D eigenvalue weighted by atomic mass is 16.5. The van der Waals surface area contributed by atoms with Crippen molar-refractivity contribution in [1.82, 2.24) is 0 Å². The SMILES string of the molecule is COc1ccc2c(c1OC(C)C)CCC2=O. The zero-order chi connectivity index (χ0) is 11.7. The molecule has 16 heavy (non-hydrogen) atoms. The molecule has 3 nitrogen and oxygen atoms in total. The summed E-state index contributed by atoms with van der Waals surface area (Å²) in [5, 5.41) is 0. The van der Waals surface area contributed by atoms with Gasteiger partial charge in [0.25, 0.3) is 0 Å². The van der Waals surface area contributed by atoms with Gasteiger partial charge in [-0.25, -0.2) is 0 Å². The molecule has 0 N–H and O–H groups in total. The van der Waals surface area contributed by atoms with Crippen molar-refractivity contribution in [2.45, 2.75) is 32.8 Å². The number of Topliss-reactive ketones (excluding diaryl/α,β-unsaturated/α-hetero) is 1. The Balaban J connectivity index is 2.50. The number of rotatable bonds is 3. The predicted octanol–water partition coefficient (Wildman–Crippen LogP) is 2.61. The van der Waals surface area contributed by atoms with E-state index in [1.165, 1.54) is 0 Å². The number of carbonyl (C=O) groups excluding carboxylic acids is 1. The first-order chi connectivity index (χ1) is 7.63. The van der Waals surface area contributed by atoms with Crippen molar-refractivity contribution in [2.75, 3.05) is 7.11 Å². The summed E-state index contributed by atoms with van der Waals surface area (Å²) >= 11 is 0. The van der Waals surface area contributed by atoms with Crippen molar-refractivity contribution in [3.63, 3.8) is 0 Å². The lowest BCUT2D eigenvalue weighted by Gasteiger charge is -2.16. The summed E-state index contributed by atoms with van der Waals surface area (Å²) in [6.45, 7) is 3.94. The molecule has 0 fully saturated rings. The van der Waals surface area contributed by atoms with Crippen molar-refractivity contribution < 1.29 is 14.3 Å². The van der Waals surface area contributed by atoms with Crippen molar-refractivity contribution >= 4 is 5.78 Å². The Hall–Kier alpha value is -1.51. The molecule has 0 spiro atoms. The number of benzene rings is 1. The van der Waals surface area contributed by atoms with E-state index in [0.29, 0.717) is 12.2 Å². The summed E-state index contributed by atoms with van der Waals surface area (Å²) in [7, 11) is 1.62. The third-order valence-corrected chi connectivity index (χ3v) is 2.70.